The lowest BCUT2D eigenvalue weighted by atomic mass is 9.53. The number of nitriles is 3. The van der Waals surface area contributed by atoms with Crippen molar-refractivity contribution in [2.24, 2.45) is 16.7 Å². The first kappa shape index (κ1) is 16.0. The molecule has 0 amide bonds. The summed E-state index contributed by atoms with van der Waals surface area (Å²) in [5.74, 6) is -2.16. The fourth-order valence-electron chi connectivity index (χ4n) is 4.15. The standard InChI is InChI=1S/C18H16N4O2/c1-3-13-16(2)23-14(12-7-5-4-6-8-12)17(9-19,10-20)18(13,11-21)15(22)24-16/h4-8,13-14,22H,3H2,1-2H3. The average molecular weight is 320 g/mol. The Hall–Kier alpha value is -2.88. The van der Waals surface area contributed by atoms with Gasteiger partial charge in [0.1, 0.15) is 6.10 Å². The highest BCUT2D eigenvalue weighted by Crippen LogP contribution is 2.66. The SMILES string of the molecule is CCC1C2(C)OC(=N)C1(C#N)C(C#N)(C#N)C(c1ccccc1)O2. The predicted molar refractivity (Wildman–Crippen MR) is 83.0 cm³/mol. The monoisotopic (exact) mass is 320 g/mol. The number of hydrogen-bond donors (Lipinski definition) is 1. The number of rotatable bonds is 2. The number of hydrogen-bond acceptors (Lipinski definition) is 6. The van der Waals surface area contributed by atoms with Crippen LogP contribution in [0.5, 0.6) is 0 Å². The van der Waals surface area contributed by atoms with E-state index in [0.717, 1.165) is 0 Å². The lowest BCUT2D eigenvalue weighted by Crippen LogP contribution is -2.58. The van der Waals surface area contributed by atoms with Crippen LogP contribution in [0.3, 0.4) is 0 Å². The van der Waals surface area contributed by atoms with Crippen LogP contribution in [0.1, 0.15) is 31.9 Å². The largest absolute Gasteiger partial charge is 0.448 e. The summed E-state index contributed by atoms with van der Waals surface area (Å²) >= 11 is 0. The molecule has 2 aliphatic rings. The second-order valence-electron chi connectivity index (χ2n) is 6.27. The van der Waals surface area contributed by atoms with Gasteiger partial charge in [-0.2, -0.15) is 15.8 Å². The minimum Gasteiger partial charge on any atom is -0.448 e. The normalized spacial score (nSPS) is 36.0. The second kappa shape index (κ2) is 5.06. The van der Waals surface area contributed by atoms with Gasteiger partial charge in [0.15, 0.2) is 5.41 Å². The second-order valence-corrected chi connectivity index (χ2v) is 6.27. The van der Waals surface area contributed by atoms with Gasteiger partial charge in [0.2, 0.25) is 17.1 Å². The van der Waals surface area contributed by atoms with Crippen LogP contribution in [-0.4, -0.2) is 11.7 Å². The highest BCUT2D eigenvalue weighted by atomic mass is 16.7. The average Bonchev–Trinajstić information content (AvgIpc) is 2.78. The number of fused-ring (bicyclic) bond motifs is 2. The molecule has 24 heavy (non-hydrogen) atoms. The third-order valence-corrected chi connectivity index (χ3v) is 5.23. The Balaban J connectivity index is 2.34. The molecule has 6 nitrogen and oxygen atoms in total. The zero-order valence-corrected chi connectivity index (χ0v) is 13.4. The van der Waals surface area contributed by atoms with Gasteiger partial charge in [0.25, 0.3) is 0 Å². The Kier molecular flexibility index (Phi) is 3.37. The summed E-state index contributed by atoms with van der Waals surface area (Å²) in [5.41, 5.74) is -2.92. The van der Waals surface area contributed by atoms with Crippen LogP contribution in [0.15, 0.2) is 30.3 Å². The number of nitrogens with one attached hydrogen (secondary N) is 1. The maximum absolute atomic E-state index is 9.99. The quantitative estimate of drug-likeness (QED) is 0.899. The molecule has 3 rings (SSSR count). The summed E-state index contributed by atoms with van der Waals surface area (Å²) in [6.45, 7) is 3.51. The van der Waals surface area contributed by atoms with Crippen molar-refractivity contribution in [3.05, 3.63) is 35.9 Å². The summed E-state index contributed by atoms with van der Waals surface area (Å²) in [6, 6.07) is 15.0. The van der Waals surface area contributed by atoms with E-state index in [1.165, 1.54) is 0 Å². The van der Waals surface area contributed by atoms with E-state index in [0.29, 0.717) is 12.0 Å². The van der Waals surface area contributed by atoms with Gasteiger partial charge in [0.05, 0.1) is 24.1 Å². The first-order chi connectivity index (χ1) is 11.5. The molecule has 0 saturated carbocycles. The van der Waals surface area contributed by atoms with Crippen LogP contribution in [0.2, 0.25) is 0 Å². The molecule has 4 unspecified atom stereocenters. The zero-order valence-electron chi connectivity index (χ0n) is 13.4. The third kappa shape index (κ3) is 1.58. The minimum absolute atomic E-state index is 0.360. The summed E-state index contributed by atoms with van der Waals surface area (Å²) in [6.07, 6.45) is -0.539. The fourth-order valence-corrected chi connectivity index (χ4v) is 4.15. The Morgan fingerprint density at radius 2 is 1.75 bits per heavy atom. The number of benzene rings is 1. The van der Waals surface area contributed by atoms with Gasteiger partial charge < -0.3 is 9.47 Å². The predicted octanol–water partition coefficient (Wildman–Crippen LogP) is 3.05. The molecule has 1 aromatic rings. The van der Waals surface area contributed by atoms with Crippen molar-refractivity contribution < 1.29 is 9.47 Å². The van der Waals surface area contributed by atoms with Crippen LogP contribution in [0.4, 0.5) is 0 Å². The fraction of sp³-hybridized carbons (Fsp3) is 0.444. The minimum atomic E-state index is -1.86. The van der Waals surface area contributed by atoms with Crippen molar-refractivity contribution >= 4 is 5.90 Å². The van der Waals surface area contributed by atoms with Crippen LogP contribution >= 0.6 is 0 Å². The van der Waals surface area contributed by atoms with Crippen molar-refractivity contribution in [1.29, 1.82) is 21.2 Å². The lowest BCUT2D eigenvalue weighted by Gasteiger charge is -2.48. The van der Waals surface area contributed by atoms with E-state index in [1.54, 1.807) is 31.2 Å². The van der Waals surface area contributed by atoms with Crippen LogP contribution in [0.25, 0.3) is 0 Å². The summed E-state index contributed by atoms with van der Waals surface area (Å²) in [7, 11) is 0. The molecule has 4 atom stereocenters. The lowest BCUT2D eigenvalue weighted by molar-refractivity contribution is -0.273. The van der Waals surface area contributed by atoms with E-state index in [2.05, 4.69) is 6.07 Å². The van der Waals surface area contributed by atoms with Gasteiger partial charge in [0, 0.05) is 6.92 Å². The van der Waals surface area contributed by atoms with E-state index in [9.17, 15) is 15.8 Å². The van der Waals surface area contributed by atoms with E-state index in [-0.39, 0.29) is 5.90 Å². The highest BCUT2D eigenvalue weighted by molar-refractivity contribution is 5.89. The van der Waals surface area contributed by atoms with Gasteiger partial charge in [-0.15, -0.1) is 0 Å². The molecule has 2 saturated heterocycles. The van der Waals surface area contributed by atoms with Crippen molar-refractivity contribution in [2.45, 2.75) is 32.2 Å². The molecule has 2 aliphatic heterocycles. The zero-order chi connectivity index (χ0) is 17.6. The van der Waals surface area contributed by atoms with E-state index >= 15 is 0 Å². The molecule has 2 heterocycles. The van der Waals surface area contributed by atoms with Gasteiger partial charge in [-0.3, -0.25) is 5.41 Å². The van der Waals surface area contributed by atoms with Crippen molar-refractivity contribution in [3.63, 3.8) is 0 Å². The topological polar surface area (TPSA) is 114 Å². The van der Waals surface area contributed by atoms with Crippen molar-refractivity contribution in [3.8, 4) is 18.2 Å². The van der Waals surface area contributed by atoms with Gasteiger partial charge in [-0.05, 0) is 12.0 Å². The maximum Gasteiger partial charge on any atom is 0.214 e. The molecule has 2 bridgehead atoms. The number of ether oxygens (including phenoxy) is 2. The Bertz CT molecular complexity index is 802. The third-order valence-electron chi connectivity index (χ3n) is 5.23. The van der Waals surface area contributed by atoms with Crippen LogP contribution < -0.4 is 0 Å². The maximum atomic E-state index is 9.99. The van der Waals surface area contributed by atoms with E-state index in [1.807, 2.05) is 25.1 Å². The van der Waals surface area contributed by atoms with Gasteiger partial charge in [-0.25, -0.2) is 0 Å². The molecule has 2 fully saturated rings. The van der Waals surface area contributed by atoms with Crippen molar-refractivity contribution in [1.82, 2.24) is 0 Å². The Morgan fingerprint density at radius 3 is 2.25 bits per heavy atom. The van der Waals surface area contributed by atoms with E-state index < -0.39 is 28.6 Å². The van der Waals surface area contributed by atoms with Crippen LogP contribution in [0, 0.1) is 56.2 Å². The van der Waals surface area contributed by atoms with Gasteiger partial charge in [-0.1, -0.05) is 37.3 Å². The first-order valence-electron chi connectivity index (χ1n) is 7.70. The smallest absolute Gasteiger partial charge is 0.214 e. The van der Waals surface area contributed by atoms with Crippen LogP contribution in [-0.2, 0) is 9.47 Å². The molecule has 0 aliphatic carbocycles. The summed E-state index contributed by atoms with van der Waals surface area (Å²) < 4.78 is 11.7. The molecular formula is C18H16N4O2. The van der Waals surface area contributed by atoms with E-state index in [4.69, 9.17) is 14.9 Å². The molecule has 1 N–H and O–H groups in total. The Morgan fingerprint density at radius 1 is 1.12 bits per heavy atom. The molecule has 120 valence electrons. The molecular weight excluding hydrogens is 304 g/mol. The number of nitrogens with zero attached hydrogens (tertiary/aromatic N) is 3. The summed E-state index contributed by atoms with van der Waals surface area (Å²) in [4.78, 5) is 0. The first-order valence-corrected chi connectivity index (χ1v) is 7.70. The molecule has 0 radical (unpaired) electrons. The van der Waals surface area contributed by atoms with Gasteiger partial charge >= 0.3 is 0 Å². The molecule has 0 spiro atoms. The highest BCUT2D eigenvalue weighted by Gasteiger charge is 2.78. The van der Waals surface area contributed by atoms with Crippen molar-refractivity contribution in [2.75, 3.05) is 0 Å². The molecule has 0 aromatic heterocycles. The Labute approximate surface area is 140 Å². The molecule has 6 heteroatoms. The summed E-state index contributed by atoms with van der Waals surface area (Å²) in [5, 5.41) is 38.2. The molecule has 1 aromatic carbocycles.